The Labute approximate surface area is 131 Å². The molecule has 1 aromatic heterocycles. The van der Waals surface area contributed by atoms with Crippen molar-refractivity contribution < 1.29 is 4.79 Å². The van der Waals surface area contributed by atoms with Gasteiger partial charge in [-0.15, -0.1) is 0 Å². The Balaban J connectivity index is 0.000000745. The Kier molecular flexibility index (Phi) is 7.53. The molecule has 0 saturated carbocycles. The molecule has 0 aliphatic heterocycles. The molecule has 1 heterocycles. The average Bonchev–Trinajstić information content (AvgIpc) is 2.96. The lowest BCUT2D eigenvalue weighted by molar-refractivity contribution is 0.0953. The lowest BCUT2D eigenvalue weighted by Gasteiger charge is -2.07. The van der Waals surface area contributed by atoms with Gasteiger partial charge in [-0.25, -0.2) is 4.98 Å². The molecule has 0 fully saturated rings. The van der Waals surface area contributed by atoms with E-state index in [1.165, 1.54) is 6.42 Å². The van der Waals surface area contributed by atoms with Gasteiger partial charge in [0.05, 0.1) is 6.33 Å². The molecule has 0 bridgehead atoms. The van der Waals surface area contributed by atoms with E-state index < -0.39 is 0 Å². The summed E-state index contributed by atoms with van der Waals surface area (Å²) in [5.74, 6) is -0.162. The van der Waals surface area contributed by atoms with Gasteiger partial charge in [-0.05, 0) is 24.6 Å². The number of carbonyl (C=O) groups is 1. The van der Waals surface area contributed by atoms with Crippen molar-refractivity contribution in [2.75, 3.05) is 18.0 Å². The van der Waals surface area contributed by atoms with E-state index in [2.05, 4.69) is 24.1 Å². The van der Waals surface area contributed by atoms with Gasteiger partial charge in [0.2, 0.25) is 0 Å². The molecule has 2 aromatic rings. The molecule has 0 saturated heterocycles. The Morgan fingerprint density at radius 3 is 2.41 bits per heavy atom. The van der Waals surface area contributed by atoms with Crippen LogP contribution >= 0.6 is 0 Å². The molecule has 22 heavy (non-hydrogen) atoms. The number of aryl methyl sites for hydroxylation is 1. The molecule has 0 unspecified atom stereocenters. The third-order valence-electron chi connectivity index (χ3n) is 2.68. The molecule has 6 nitrogen and oxygen atoms in total. The number of rotatable bonds is 5. The van der Waals surface area contributed by atoms with Crippen LogP contribution in [0.25, 0.3) is 0 Å². The summed E-state index contributed by atoms with van der Waals surface area (Å²) in [6.07, 6.45) is 7.45. The fourth-order valence-corrected chi connectivity index (χ4v) is 1.79. The van der Waals surface area contributed by atoms with Crippen LogP contribution in [-0.4, -0.2) is 22.0 Å². The van der Waals surface area contributed by atoms with E-state index in [9.17, 15) is 4.79 Å². The van der Waals surface area contributed by atoms with Gasteiger partial charge in [0.25, 0.3) is 5.91 Å². The van der Waals surface area contributed by atoms with Gasteiger partial charge in [0.15, 0.2) is 0 Å². The standard InChI is InChI=1S/C13H17N5O.C3H8/c14-11-6-10(7-12(15)8-11)13(19)17-2-1-4-18-5-3-16-9-18;1-3-2/h3,5-9H,1-2,4,14-15H2,(H,17,19);3H2,1-2H3. The summed E-state index contributed by atoms with van der Waals surface area (Å²) in [5, 5.41) is 2.83. The molecule has 0 radical (unpaired) electrons. The SMILES string of the molecule is CCC.Nc1cc(N)cc(C(=O)NCCCn2ccnc2)c1. The number of nitrogens with zero attached hydrogens (tertiary/aromatic N) is 2. The molecule has 0 atom stereocenters. The normalized spacial score (nSPS) is 9.73. The Hall–Kier alpha value is -2.50. The van der Waals surface area contributed by atoms with Crippen LogP contribution < -0.4 is 16.8 Å². The highest BCUT2D eigenvalue weighted by atomic mass is 16.1. The zero-order valence-electron chi connectivity index (χ0n) is 13.2. The van der Waals surface area contributed by atoms with Crippen molar-refractivity contribution in [3.8, 4) is 0 Å². The molecule has 0 aliphatic carbocycles. The van der Waals surface area contributed by atoms with E-state index in [0.717, 1.165) is 13.0 Å². The molecule has 6 heteroatoms. The number of aromatic nitrogens is 2. The predicted molar refractivity (Wildman–Crippen MR) is 90.4 cm³/mol. The quantitative estimate of drug-likeness (QED) is 0.583. The van der Waals surface area contributed by atoms with Crippen LogP contribution in [0, 0.1) is 0 Å². The fraction of sp³-hybridized carbons (Fsp3) is 0.375. The van der Waals surface area contributed by atoms with Crippen LogP contribution in [0.5, 0.6) is 0 Å². The summed E-state index contributed by atoms with van der Waals surface area (Å²) in [5.41, 5.74) is 12.8. The first-order chi connectivity index (χ1) is 10.6. The Morgan fingerprint density at radius 2 is 1.86 bits per heavy atom. The molecule has 5 N–H and O–H groups in total. The van der Waals surface area contributed by atoms with Crippen molar-refractivity contribution >= 4 is 17.3 Å². The number of anilines is 2. The third-order valence-corrected chi connectivity index (χ3v) is 2.68. The molecule has 2 rings (SSSR count). The van der Waals surface area contributed by atoms with Crippen molar-refractivity contribution in [2.24, 2.45) is 0 Å². The summed E-state index contributed by atoms with van der Waals surface area (Å²) >= 11 is 0. The van der Waals surface area contributed by atoms with Gasteiger partial charge in [0.1, 0.15) is 0 Å². The van der Waals surface area contributed by atoms with Crippen molar-refractivity contribution in [1.82, 2.24) is 14.9 Å². The van der Waals surface area contributed by atoms with Crippen LogP contribution in [0.1, 0.15) is 37.0 Å². The topological polar surface area (TPSA) is 99.0 Å². The summed E-state index contributed by atoms with van der Waals surface area (Å²) in [6.45, 7) is 5.66. The van der Waals surface area contributed by atoms with Gasteiger partial charge in [-0.2, -0.15) is 0 Å². The maximum atomic E-state index is 11.9. The van der Waals surface area contributed by atoms with Crippen molar-refractivity contribution in [3.05, 3.63) is 42.5 Å². The molecular formula is C16H25N5O. The van der Waals surface area contributed by atoms with E-state index in [-0.39, 0.29) is 5.91 Å². The van der Waals surface area contributed by atoms with Crippen LogP contribution in [0.2, 0.25) is 0 Å². The lowest BCUT2D eigenvalue weighted by atomic mass is 10.1. The number of hydrogen-bond acceptors (Lipinski definition) is 4. The zero-order chi connectivity index (χ0) is 16.4. The number of benzene rings is 1. The predicted octanol–water partition coefficient (Wildman–Crippen LogP) is 2.28. The zero-order valence-corrected chi connectivity index (χ0v) is 13.2. The minimum Gasteiger partial charge on any atom is -0.399 e. The van der Waals surface area contributed by atoms with Crippen LogP contribution in [0.4, 0.5) is 11.4 Å². The Morgan fingerprint density at radius 1 is 1.23 bits per heavy atom. The second kappa shape index (κ2) is 9.44. The number of nitrogens with two attached hydrogens (primary N) is 2. The molecule has 120 valence electrons. The smallest absolute Gasteiger partial charge is 0.251 e. The first-order valence-electron chi connectivity index (χ1n) is 7.46. The van der Waals surface area contributed by atoms with E-state index >= 15 is 0 Å². The van der Waals surface area contributed by atoms with Gasteiger partial charge < -0.3 is 21.4 Å². The average molecular weight is 303 g/mol. The number of hydrogen-bond donors (Lipinski definition) is 3. The van der Waals surface area contributed by atoms with Gasteiger partial charge in [-0.3, -0.25) is 4.79 Å². The fourth-order valence-electron chi connectivity index (χ4n) is 1.79. The number of nitrogen functional groups attached to an aromatic ring is 2. The summed E-state index contributed by atoms with van der Waals surface area (Å²) < 4.78 is 1.96. The minimum absolute atomic E-state index is 0.162. The minimum atomic E-state index is -0.162. The molecule has 0 spiro atoms. The van der Waals surface area contributed by atoms with E-state index in [1.807, 2.05) is 10.8 Å². The summed E-state index contributed by atoms with van der Waals surface area (Å²) in [4.78, 5) is 15.8. The van der Waals surface area contributed by atoms with Crippen molar-refractivity contribution in [3.63, 3.8) is 0 Å². The third kappa shape index (κ3) is 6.30. The van der Waals surface area contributed by atoms with Crippen molar-refractivity contribution in [2.45, 2.75) is 33.2 Å². The first kappa shape index (κ1) is 17.6. The number of imidazole rings is 1. The largest absolute Gasteiger partial charge is 0.399 e. The number of nitrogens with one attached hydrogen (secondary N) is 1. The lowest BCUT2D eigenvalue weighted by Crippen LogP contribution is -2.25. The highest BCUT2D eigenvalue weighted by Gasteiger charge is 2.06. The second-order valence-electron chi connectivity index (χ2n) is 5.01. The molecule has 0 aliphatic rings. The molecule has 1 aromatic carbocycles. The molecular weight excluding hydrogens is 278 g/mol. The highest BCUT2D eigenvalue weighted by molar-refractivity contribution is 5.96. The second-order valence-corrected chi connectivity index (χ2v) is 5.01. The Bertz CT molecular complexity index is 546. The van der Waals surface area contributed by atoms with E-state index in [1.54, 1.807) is 30.7 Å². The van der Waals surface area contributed by atoms with Gasteiger partial charge in [-0.1, -0.05) is 20.3 Å². The van der Waals surface area contributed by atoms with E-state index in [4.69, 9.17) is 11.5 Å². The maximum Gasteiger partial charge on any atom is 0.251 e. The summed E-state index contributed by atoms with van der Waals surface area (Å²) in [7, 11) is 0. The van der Waals surface area contributed by atoms with Crippen LogP contribution in [0.15, 0.2) is 36.9 Å². The van der Waals surface area contributed by atoms with Gasteiger partial charge in [0, 0.05) is 42.4 Å². The first-order valence-corrected chi connectivity index (χ1v) is 7.46. The maximum absolute atomic E-state index is 11.9. The van der Waals surface area contributed by atoms with Gasteiger partial charge >= 0.3 is 0 Å². The number of carbonyl (C=O) groups excluding carboxylic acids is 1. The van der Waals surface area contributed by atoms with E-state index in [0.29, 0.717) is 23.5 Å². The van der Waals surface area contributed by atoms with Crippen LogP contribution in [-0.2, 0) is 6.54 Å². The molecule has 1 amide bonds. The number of amides is 1. The summed E-state index contributed by atoms with van der Waals surface area (Å²) in [6, 6.07) is 4.85. The highest BCUT2D eigenvalue weighted by Crippen LogP contribution is 2.13. The monoisotopic (exact) mass is 303 g/mol. The van der Waals surface area contributed by atoms with Crippen molar-refractivity contribution in [1.29, 1.82) is 0 Å². The van der Waals surface area contributed by atoms with Crippen LogP contribution in [0.3, 0.4) is 0 Å².